The van der Waals surface area contributed by atoms with Crippen LogP contribution in [0.1, 0.15) is 29.4 Å². The molecule has 6 nitrogen and oxygen atoms in total. The summed E-state index contributed by atoms with van der Waals surface area (Å²) in [4.78, 5) is 12.5. The minimum Gasteiger partial charge on any atom is -0.508 e. The summed E-state index contributed by atoms with van der Waals surface area (Å²) in [7, 11) is 0. The Bertz CT molecular complexity index is 1190. The number of rotatable bonds is 5. The Balaban J connectivity index is 1.52. The molecule has 4 rings (SSSR count). The maximum Gasteiger partial charge on any atom is 0.289 e. The fourth-order valence-corrected chi connectivity index (χ4v) is 3.11. The molecule has 1 amide bonds. The number of fused-ring (bicyclic) bond motifs is 1. The average Bonchev–Trinajstić information content (AvgIpc) is 3.25. The fraction of sp³-hybridized carbons (Fsp3) is 0.0870. The molecule has 144 valence electrons. The monoisotopic (exact) mass is 384 g/mol. The second kappa shape index (κ2) is 7.98. The van der Waals surface area contributed by atoms with Crippen LogP contribution in [-0.2, 0) is 0 Å². The molecule has 0 aliphatic heterocycles. The van der Waals surface area contributed by atoms with Gasteiger partial charge in [-0.05, 0) is 59.2 Å². The van der Waals surface area contributed by atoms with Crippen LogP contribution in [0.3, 0.4) is 0 Å². The first kappa shape index (κ1) is 18.4. The molecule has 1 heterocycles. The number of phenols is 1. The highest BCUT2D eigenvalue weighted by Crippen LogP contribution is 2.23. The third kappa shape index (κ3) is 4.01. The van der Waals surface area contributed by atoms with Gasteiger partial charge in [0.1, 0.15) is 11.4 Å². The standard InChI is InChI=1S/C23H20N4O2/c1-2-20(16-9-11-19(28)12-10-16)24-27-23(29)22-14-21(25-26-22)18-8-7-15-5-3-4-6-17(15)13-18/h3-14,28H,2H2,1H3,(H,25,26)(H,27,29). The lowest BCUT2D eigenvalue weighted by Gasteiger charge is -2.04. The fourth-order valence-electron chi connectivity index (χ4n) is 3.11. The van der Waals surface area contributed by atoms with E-state index in [1.54, 1.807) is 30.3 Å². The van der Waals surface area contributed by atoms with Crippen LogP contribution >= 0.6 is 0 Å². The number of carbonyl (C=O) groups is 1. The van der Waals surface area contributed by atoms with Gasteiger partial charge < -0.3 is 5.11 Å². The number of H-pyrrole nitrogens is 1. The van der Waals surface area contributed by atoms with Crippen molar-refractivity contribution in [1.29, 1.82) is 0 Å². The number of aromatic nitrogens is 2. The SMILES string of the molecule is CCC(=NNC(=O)c1cc(-c2ccc3ccccc3c2)n[nH]1)c1ccc(O)cc1. The predicted octanol–water partition coefficient (Wildman–Crippen LogP) is 4.48. The van der Waals surface area contributed by atoms with Crippen molar-refractivity contribution >= 4 is 22.4 Å². The van der Waals surface area contributed by atoms with Crippen molar-refractivity contribution in [2.75, 3.05) is 0 Å². The molecule has 0 unspecified atom stereocenters. The molecule has 0 spiro atoms. The number of nitrogens with zero attached hydrogens (tertiary/aromatic N) is 2. The van der Waals surface area contributed by atoms with E-state index < -0.39 is 0 Å². The van der Waals surface area contributed by atoms with E-state index in [0.717, 1.165) is 21.9 Å². The van der Waals surface area contributed by atoms with Crippen molar-refractivity contribution in [1.82, 2.24) is 15.6 Å². The first-order valence-corrected chi connectivity index (χ1v) is 9.35. The maximum atomic E-state index is 12.5. The first-order valence-electron chi connectivity index (χ1n) is 9.35. The molecule has 0 fully saturated rings. The van der Waals surface area contributed by atoms with Crippen molar-refractivity contribution in [3.8, 4) is 17.0 Å². The summed E-state index contributed by atoms with van der Waals surface area (Å²) in [6.07, 6.45) is 0.635. The van der Waals surface area contributed by atoms with Crippen LogP contribution in [0.25, 0.3) is 22.0 Å². The molecule has 0 aliphatic rings. The van der Waals surface area contributed by atoms with Gasteiger partial charge in [0.2, 0.25) is 0 Å². The van der Waals surface area contributed by atoms with Crippen LogP contribution in [0.2, 0.25) is 0 Å². The summed E-state index contributed by atoms with van der Waals surface area (Å²) < 4.78 is 0. The molecule has 1 aromatic heterocycles. The minimum absolute atomic E-state index is 0.187. The molecule has 0 aliphatic carbocycles. The first-order chi connectivity index (χ1) is 14.1. The Labute approximate surface area is 167 Å². The molecular weight excluding hydrogens is 364 g/mol. The topological polar surface area (TPSA) is 90.4 Å². The molecule has 6 heteroatoms. The zero-order valence-electron chi connectivity index (χ0n) is 15.9. The van der Waals surface area contributed by atoms with Crippen molar-refractivity contribution in [2.24, 2.45) is 5.10 Å². The molecule has 3 aromatic carbocycles. The lowest BCUT2D eigenvalue weighted by molar-refractivity contribution is 0.0950. The number of hydrogen-bond donors (Lipinski definition) is 3. The Morgan fingerprint density at radius 2 is 1.79 bits per heavy atom. The van der Waals surface area contributed by atoms with Crippen molar-refractivity contribution < 1.29 is 9.90 Å². The van der Waals surface area contributed by atoms with Crippen LogP contribution in [0.4, 0.5) is 0 Å². The van der Waals surface area contributed by atoms with Gasteiger partial charge in [0.15, 0.2) is 0 Å². The predicted molar refractivity (Wildman–Crippen MR) is 114 cm³/mol. The third-order valence-corrected chi connectivity index (χ3v) is 4.70. The highest BCUT2D eigenvalue weighted by molar-refractivity contribution is 6.02. The molecule has 29 heavy (non-hydrogen) atoms. The van der Waals surface area contributed by atoms with Crippen LogP contribution in [0, 0.1) is 0 Å². The highest BCUT2D eigenvalue weighted by Gasteiger charge is 2.12. The summed E-state index contributed by atoms with van der Waals surface area (Å²) in [5.74, 6) is -0.179. The summed E-state index contributed by atoms with van der Waals surface area (Å²) in [6, 6.07) is 22.6. The highest BCUT2D eigenvalue weighted by atomic mass is 16.3. The second-order valence-corrected chi connectivity index (χ2v) is 6.63. The lowest BCUT2D eigenvalue weighted by atomic mass is 10.1. The van der Waals surface area contributed by atoms with Crippen LogP contribution in [0.5, 0.6) is 5.75 Å². The van der Waals surface area contributed by atoms with E-state index in [1.807, 2.05) is 43.3 Å². The van der Waals surface area contributed by atoms with Gasteiger partial charge in [0.25, 0.3) is 5.91 Å². The summed E-state index contributed by atoms with van der Waals surface area (Å²) >= 11 is 0. The van der Waals surface area contributed by atoms with Gasteiger partial charge in [-0.15, -0.1) is 0 Å². The van der Waals surface area contributed by atoms with E-state index in [2.05, 4.69) is 26.8 Å². The number of amides is 1. The third-order valence-electron chi connectivity index (χ3n) is 4.70. The van der Waals surface area contributed by atoms with Gasteiger partial charge in [-0.1, -0.05) is 43.3 Å². The van der Waals surface area contributed by atoms with E-state index in [9.17, 15) is 9.90 Å². The number of carbonyl (C=O) groups excluding carboxylic acids is 1. The lowest BCUT2D eigenvalue weighted by Crippen LogP contribution is -2.20. The Kier molecular flexibility index (Phi) is 5.07. The normalized spacial score (nSPS) is 11.6. The van der Waals surface area contributed by atoms with Crippen molar-refractivity contribution in [2.45, 2.75) is 13.3 Å². The molecule has 4 aromatic rings. The smallest absolute Gasteiger partial charge is 0.289 e. The van der Waals surface area contributed by atoms with E-state index in [0.29, 0.717) is 23.5 Å². The molecule has 0 radical (unpaired) electrons. The van der Waals surface area contributed by atoms with Gasteiger partial charge in [0.05, 0.1) is 11.4 Å². The van der Waals surface area contributed by atoms with Crippen LogP contribution < -0.4 is 5.43 Å². The number of aromatic amines is 1. The van der Waals surface area contributed by atoms with Crippen molar-refractivity contribution in [3.63, 3.8) is 0 Å². The zero-order chi connectivity index (χ0) is 20.2. The molecular formula is C23H20N4O2. The maximum absolute atomic E-state index is 12.5. The number of hydrazone groups is 1. The number of nitrogens with one attached hydrogen (secondary N) is 2. The molecule has 0 atom stereocenters. The Morgan fingerprint density at radius 3 is 2.55 bits per heavy atom. The Morgan fingerprint density at radius 1 is 1.03 bits per heavy atom. The quantitative estimate of drug-likeness (QED) is 0.350. The number of benzene rings is 3. The summed E-state index contributed by atoms with van der Waals surface area (Å²) in [6.45, 7) is 1.95. The average molecular weight is 384 g/mol. The number of phenolic OH excluding ortho intramolecular Hbond substituents is 1. The van der Waals surface area contributed by atoms with E-state index in [4.69, 9.17) is 0 Å². The molecule has 0 bridgehead atoms. The van der Waals surface area contributed by atoms with Gasteiger partial charge in [-0.3, -0.25) is 9.89 Å². The van der Waals surface area contributed by atoms with E-state index in [1.165, 1.54) is 0 Å². The zero-order valence-corrected chi connectivity index (χ0v) is 15.9. The summed E-state index contributed by atoms with van der Waals surface area (Å²) in [5, 5.41) is 23.0. The van der Waals surface area contributed by atoms with Gasteiger partial charge in [-0.25, -0.2) is 5.43 Å². The second-order valence-electron chi connectivity index (χ2n) is 6.63. The molecule has 0 saturated heterocycles. The van der Waals surface area contributed by atoms with Crippen LogP contribution in [0.15, 0.2) is 77.9 Å². The van der Waals surface area contributed by atoms with Gasteiger partial charge in [-0.2, -0.15) is 10.2 Å². The number of aromatic hydroxyl groups is 1. The molecule has 0 saturated carbocycles. The van der Waals surface area contributed by atoms with Crippen LogP contribution in [-0.4, -0.2) is 26.9 Å². The Hall–Kier alpha value is -3.93. The largest absolute Gasteiger partial charge is 0.508 e. The van der Waals surface area contributed by atoms with Gasteiger partial charge in [0, 0.05) is 5.56 Å². The number of hydrogen-bond acceptors (Lipinski definition) is 4. The minimum atomic E-state index is -0.366. The summed E-state index contributed by atoms with van der Waals surface area (Å²) in [5.41, 5.74) is 6.08. The van der Waals surface area contributed by atoms with Crippen molar-refractivity contribution in [3.05, 3.63) is 84.1 Å². The van der Waals surface area contributed by atoms with Gasteiger partial charge >= 0.3 is 0 Å². The van der Waals surface area contributed by atoms with E-state index >= 15 is 0 Å². The van der Waals surface area contributed by atoms with E-state index in [-0.39, 0.29) is 11.7 Å². The molecule has 3 N–H and O–H groups in total.